The van der Waals surface area contributed by atoms with Crippen LogP contribution >= 0.6 is 0 Å². The number of hydrogen-bond donors (Lipinski definition) is 3. The number of aromatic carboxylic acids is 1. The van der Waals surface area contributed by atoms with Crippen LogP contribution in [-0.2, 0) is 0 Å². The van der Waals surface area contributed by atoms with Gasteiger partial charge in [-0.2, -0.15) is 0 Å². The van der Waals surface area contributed by atoms with Gasteiger partial charge in [-0.05, 0) is 37.7 Å². The standard InChI is InChI=1S/C14H20N2O3/c1-8-10(9(2)16-11(8)13(18)19)12(17)15-7-14(3)5-4-6-14/h16H,4-7H2,1-3H3,(H,15,17)(H,18,19). The molecule has 0 radical (unpaired) electrons. The van der Waals surface area contributed by atoms with Gasteiger partial charge < -0.3 is 15.4 Å². The molecule has 0 spiro atoms. The quantitative estimate of drug-likeness (QED) is 0.780. The summed E-state index contributed by atoms with van der Waals surface area (Å²) in [6, 6.07) is 0. The monoisotopic (exact) mass is 264 g/mol. The molecule has 1 heterocycles. The van der Waals surface area contributed by atoms with E-state index in [9.17, 15) is 9.59 Å². The molecule has 1 fully saturated rings. The summed E-state index contributed by atoms with van der Waals surface area (Å²) in [7, 11) is 0. The molecule has 1 aromatic heterocycles. The second kappa shape index (κ2) is 4.72. The van der Waals surface area contributed by atoms with Crippen LogP contribution in [0, 0.1) is 19.3 Å². The van der Waals surface area contributed by atoms with Crippen molar-refractivity contribution in [2.75, 3.05) is 6.54 Å². The fourth-order valence-corrected chi connectivity index (χ4v) is 2.64. The molecule has 0 saturated heterocycles. The lowest BCUT2D eigenvalue weighted by Crippen LogP contribution is -2.40. The Balaban J connectivity index is 2.12. The maximum absolute atomic E-state index is 12.2. The van der Waals surface area contributed by atoms with Crippen molar-refractivity contribution in [3.8, 4) is 0 Å². The lowest BCUT2D eigenvalue weighted by atomic mass is 9.70. The van der Waals surface area contributed by atoms with Gasteiger partial charge >= 0.3 is 5.97 Å². The molecule has 19 heavy (non-hydrogen) atoms. The Kier molecular flexibility index (Phi) is 3.39. The van der Waals surface area contributed by atoms with E-state index in [1.807, 2.05) is 0 Å². The molecule has 1 aromatic rings. The number of aromatic amines is 1. The Morgan fingerprint density at radius 1 is 1.37 bits per heavy atom. The van der Waals surface area contributed by atoms with E-state index in [-0.39, 0.29) is 17.0 Å². The average Bonchev–Trinajstić information content (AvgIpc) is 2.59. The molecule has 1 saturated carbocycles. The van der Waals surface area contributed by atoms with Gasteiger partial charge in [-0.3, -0.25) is 4.79 Å². The Labute approximate surface area is 112 Å². The summed E-state index contributed by atoms with van der Waals surface area (Å²) in [5.41, 5.74) is 1.87. The van der Waals surface area contributed by atoms with Crippen LogP contribution in [0.15, 0.2) is 0 Å². The van der Waals surface area contributed by atoms with Crippen LogP contribution in [0.25, 0.3) is 0 Å². The number of amides is 1. The van der Waals surface area contributed by atoms with Crippen LogP contribution in [0.3, 0.4) is 0 Å². The number of carboxylic acid groups (broad SMARTS) is 1. The van der Waals surface area contributed by atoms with E-state index < -0.39 is 5.97 Å². The maximum Gasteiger partial charge on any atom is 0.352 e. The number of nitrogens with one attached hydrogen (secondary N) is 2. The third-order valence-electron chi connectivity index (χ3n) is 4.11. The molecular weight excluding hydrogens is 244 g/mol. The molecule has 1 aliphatic carbocycles. The van der Waals surface area contributed by atoms with Gasteiger partial charge in [0.25, 0.3) is 5.91 Å². The summed E-state index contributed by atoms with van der Waals surface area (Å²) in [4.78, 5) is 26.0. The number of H-pyrrole nitrogens is 1. The molecule has 5 heteroatoms. The molecule has 3 N–H and O–H groups in total. The number of hydrogen-bond acceptors (Lipinski definition) is 2. The first-order valence-corrected chi connectivity index (χ1v) is 6.55. The molecule has 0 unspecified atom stereocenters. The van der Waals surface area contributed by atoms with Crippen molar-refractivity contribution in [3.63, 3.8) is 0 Å². The summed E-state index contributed by atoms with van der Waals surface area (Å²) in [6.07, 6.45) is 3.50. The molecule has 104 valence electrons. The van der Waals surface area contributed by atoms with Gasteiger partial charge in [-0.1, -0.05) is 13.3 Å². The first-order valence-electron chi connectivity index (χ1n) is 6.55. The van der Waals surface area contributed by atoms with Crippen molar-refractivity contribution in [2.24, 2.45) is 5.41 Å². The normalized spacial score (nSPS) is 16.8. The lowest BCUT2D eigenvalue weighted by Gasteiger charge is -2.38. The second-order valence-corrected chi connectivity index (χ2v) is 5.78. The van der Waals surface area contributed by atoms with E-state index in [2.05, 4.69) is 17.2 Å². The Hall–Kier alpha value is -1.78. The van der Waals surface area contributed by atoms with Crippen LogP contribution < -0.4 is 5.32 Å². The van der Waals surface area contributed by atoms with Crippen LogP contribution in [-0.4, -0.2) is 28.5 Å². The minimum atomic E-state index is -1.04. The van der Waals surface area contributed by atoms with Gasteiger partial charge in [0.2, 0.25) is 0 Å². The zero-order valence-electron chi connectivity index (χ0n) is 11.6. The lowest BCUT2D eigenvalue weighted by molar-refractivity contribution is 0.0690. The van der Waals surface area contributed by atoms with Gasteiger partial charge in [0, 0.05) is 12.2 Å². The highest BCUT2D eigenvalue weighted by atomic mass is 16.4. The predicted molar refractivity (Wildman–Crippen MR) is 71.5 cm³/mol. The highest BCUT2D eigenvalue weighted by Gasteiger charge is 2.32. The summed E-state index contributed by atoms with van der Waals surface area (Å²) in [5.74, 6) is -1.22. The average molecular weight is 264 g/mol. The Bertz CT molecular complexity index is 527. The van der Waals surface area contributed by atoms with Crippen molar-refractivity contribution in [3.05, 3.63) is 22.5 Å². The molecule has 2 rings (SSSR count). The van der Waals surface area contributed by atoms with Gasteiger partial charge in [0.05, 0.1) is 5.56 Å². The third kappa shape index (κ3) is 2.50. The third-order valence-corrected chi connectivity index (χ3v) is 4.11. The smallest absolute Gasteiger partial charge is 0.352 e. The second-order valence-electron chi connectivity index (χ2n) is 5.78. The molecule has 1 aliphatic rings. The van der Waals surface area contributed by atoms with Gasteiger partial charge in [-0.15, -0.1) is 0 Å². The van der Waals surface area contributed by atoms with Crippen LogP contribution in [0.5, 0.6) is 0 Å². The topological polar surface area (TPSA) is 82.2 Å². The summed E-state index contributed by atoms with van der Waals surface area (Å²) >= 11 is 0. The zero-order chi connectivity index (χ0) is 14.2. The number of carbonyl (C=O) groups is 2. The predicted octanol–water partition coefficient (Wildman–Crippen LogP) is 2.25. The van der Waals surface area contributed by atoms with Gasteiger partial charge in [0.15, 0.2) is 0 Å². The van der Waals surface area contributed by atoms with E-state index >= 15 is 0 Å². The summed E-state index contributed by atoms with van der Waals surface area (Å²) in [5, 5.41) is 12.0. The first kappa shape index (κ1) is 13.6. The van der Waals surface area contributed by atoms with Gasteiger partial charge in [-0.25, -0.2) is 4.79 Å². The molecule has 0 aromatic carbocycles. The maximum atomic E-state index is 12.2. The largest absolute Gasteiger partial charge is 0.477 e. The van der Waals surface area contributed by atoms with Crippen molar-refractivity contribution in [1.29, 1.82) is 0 Å². The number of carboxylic acids is 1. The molecule has 5 nitrogen and oxygen atoms in total. The molecule has 0 bridgehead atoms. The highest BCUT2D eigenvalue weighted by Crippen LogP contribution is 2.39. The number of aryl methyl sites for hydroxylation is 1. The number of rotatable bonds is 4. The van der Waals surface area contributed by atoms with E-state index in [1.54, 1.807) is 13.8 Å². The molecule has 0 aliphatic heterocycles. The fraction of sp³-hybridized carbons (Fsp3) is 0.571. The van der Waals surface area contributed by atoms with Crippen molar-refractivity contribution >= 4 is 11.9 Å². The SMILES string of the molecule is Cc1[nH]c(C(=O)O)c(C)c1C(=O)NCC1(C)CCC1. The van der Waals surface area contributed by atoms with E-state index in [1.165, 1.54) is 6.42 Å². The summed E-state index contributed by atoms with van der Waals surface area (Å²) in [6.45, 7) is 6.20. The first-order chi connectivity index (χ1) is 8.84. The number of carbonyl (C=O) groups excluding carboxylic acids is 1. The van der Waals surface area contributed by atoms with Gasteiger partial charge in [0.1, 0.15) is 5.69 Å². The molecular formula is C14H20N2O3. The van der Waals surface area contributed by atoms with Crippen LogP contribution in [0.1, 0.15) is 58.3 Å². The molecule has 1 amide bonds. The highest BCUT2D eigenvalue weighted by molar-refractivity contribution is 6.00. The Morgan fingerprint density at radius 3 is 2.42 bits per heavy atom. The van der Waals surface area contributed by atoms with E-state index in [0.717, 1.165) is 12.8 Å². The zero-order valence-corrected chi connectivity index (χ0v) is 11.6. The minimum absolute atomic E-state index is 0.0949. The van der Waals surface area contributed by atoms with Crippen LogP contribution in [0.2, 0.25) is 0 Å². The van der Waals surface area contributed by atoms with E-state index in [0.29, 0.717) is 23.4 Å². The van der Waals surface area contributed by atoms with Crippen molar-refractivity contribution < 1.29 is 14.7 Å². The number of aromatic nitrogens is 1. The van der Waals surface area contributed by atoms with Crippen molar-refractivity contribution in [1.82, 2.24) is 10.3 Å². The van der Waals surface area contributed by atoms with Crippen molar-refractivity contribution in [2.45, 2.75) is 40.0 Å². The van der Waals surface area contributed by atoms with E-state index in [4.69, 9.17) is 5.11 Å². The van der Waals surface area contributed by atoms with Crippen LogP contribution in [0.4, 0.5) is 0 Å². The summed E-state index contributed by atoms with van der Waals surface area (Å²) < 4.78 is 0. The minimum Gasteiger partial charge on any atom is -0.477 e. The Morgan fingerprint density at radius 2 is 2.00 bits per heavy atom. The fourth-order valence-electron chi connectivity index (χ4n) is 2.64. The molecule has 0 atom stereocenters.